The number of aromatic nitrogens is 3. The Hall–Kier alpha value is -2.93. The molecule has 1 N–H and O–H groups in total. The van der Waals surface area contributed by atoms with Crippen LogP contribution in [0.2, 0.25) is 5.02 Å². The molecule has 126 valence electrons. The molecule has 0 unspecified atom stereocenters. The molecule has 0 fully saturated rings. The molecule has 1 amide bonds. The molecular weight excluding hydrogens is 344 g/mol. The lowest BCUT2D eigenvalue weighted by atomic mass is 10.0. The Morgan fingerprint density at radius 1 is 1.20 bits per heavy atom. The number of benzene rings is 1. The first-order chi connectivity index (χ1) is 12.1. The van der Waals surface area contributed by atoms with Crippen LogP contribution in [0, 0.1) is 0 Å². The van der Waals surface area contributed by atoms with Crippen LogP contribution in [0.4, 0.5) is 0 Å². The van der Waals surface area contributed by atoms with E-state index in [1.807, 2.05) is 12.1 Å². The number of hydrogen-bond donors (Lipinski definition) is 1. The minimum Gasteiger partial charge on any atom is -0.356 e. The Labute approximate surface area is 147 Å². The Kier molecular flexibility index (Phi) is 3.85. The molecule has 0 saturated carbocycles. The average Bonchev–Trinajstić information content (AvgIpc) is 3.05. The van der Waals surface area contributed by atoms with Gasteiger partial charge in [0.1, 0.15) is 11.4 Å². The summed E-state index contributed by atoms with van der Waals surface area (Å²) in [7, 11) is 0. The summed E-state index contributed by atoms with van der Waals surface area (Å²) < 4.78 is 5.50. The van der Waals surface area contributed by atoms with Gasteiger partial charge < -0.3 is 9.42 Å². The predicted molar refractivity (Wildman–Crippen MR) is 90.3 cm³/mol. The van der Waals surface area contributed by atoms with Gasteiger partial charge >= 0.3 is 0 Å². The zero-order valence-corrected chi connectivity index (χ0v) is 13.8. The van der Waals surface area contributed by atoms with E-state index < -0.39 is 0 Å². The summed E-state index contributed by atoms with van der Waals surface area (Å²) in [6, 6.07) is 10.1. The molecule has 0 atom stereocenters. The Bertz CT molecular complexity index is 973. The van der Waals surface area contributed by atoms with Gasteiger partial charge in [0.2, 0.25) is 0 Å². The van der Waals surface area contributed by atoms with Crippen LogP contribution in [0.3, 0.4) is 0 Å². The summed E-state index contributed by atoms with van der Waals surface area (Å²) in [5, 5.41) is 10.8. The number of aromatic amines is 1. The van der Waals surface area contributed by atoms with Crippen LogP contribution in [0.25, 0.3) is 11.3 Å². The van der Waals surface area contributed by atoms with Crippen molar-refractivity contribution in [3.05, 3.63) is 68.7 Å². The van der Waals surface area contributed by atoms with Crippen molar-refractivity contribution in [2.45, 2.75) is 13.0 Å². The number of halogens is 1. The molecular formula is C17H13ClN4O3. The second-order valence-electron chi connectivity index (χ2n) is 5.73. The average molecular weight is 357 g/mol. The van der Waals surface area contributed by atoms with Crippen LogP contribution in [-0.2, 0) is 13.0 Å². The molecule has 25 heavy (non-hydrogen) atoms. The molecule has 4 rings (SSSR count). The van der Waals surface area contributed by atoms with Gasteiger partial charge in [-0.15, -0.1) is 0 Å². The van der Waals surface area contributed by atoms with Crippen molar-refractivity contribution in [2.75, 3.05) is 6.54 Å². The summed E-state index contributed by atoms with van der Waals surface area (Å²) in [4.78, 5) is 25.2. The van der Waals surface area contributed by atoms with Crippen LogP contribution < -0.4 is 5.56 Å². The molecule has 0 spiro atoms. The van der Waals surface area contributed by atoms with Gasteiger partial charge in [-0.3, -0.25) is 9.59 Å². The molecule has 1 aliphatic rings. The van der Waals surface area contributed by atoms with Crippen LogP contribution in [0.15, 0.2) is 45.7 Å². The minimum atomic E-state index is -0.346. The largest absolute Gasteiger partial charge is 0.356 e. The van der Waals surface area contributed by atoms with Crippen LogP contribution >= 0.6 is 11.6 Å². The Morgan fingerprint density at radius 2 is 2.00 bits per heavy atom. The highest BCUT2D eigenvalue weighted by molar-refractivity contribution is 6.30. The fourth-order valence-corrected chi connectivity index (χ4v) is 2.98. The second kappa shape index (κ2) is 6.18. The monoisotopic (exact) mass is 356 g/mol. The van der Waals surface area contributed by atoms with E-state index in [9.17, 15) is 9.59 Å². The van der Waals surface area contributed by atoms with Crippen molar-refractivity contribution in [1.82, 2.24) is 20.3 Å². The molecule has 1 aliphatic heterocycles. The summed E-state index contributed by atoms with van der Waals surface area (Å²) in [6.45, 7) is 0.862. The highest BCUT2D eigenvalue weighted by Gasteiger charge is 2.28. The lowest BCUT2D eigenvalue weighted by Crippen LogP contribution is -2.36. The van der Waals surface area contributed by atoms with Crippen molar-refractivity contribution in [1.29, 1.82) is 0 Å². The predicted octanol–water partition coefficient (Wildman–Crippen LogP) is 2.28. The Balaban J connectivity index is 1.58. The molecule has 3 aromatic rings. The number of amides is 1. The molecule has 0 saturated heterocycles. The van der Waals surface area contributed by atoms with Crippen molar-refractivity contribution >= 4 is 17.5 Å². The number of fused-ring (bicyclic) bond motifs is 1. The van der Waals surface area contributed by atoms with Gasteiger partial charge in [-0.1, -0.05) is 16.8 Å². The molecule has 3 heterocycles. The fourth-order valence-electron chi connectivity index (χ4n) is 2.86. The standard InChI is InChI=1S/C17H13ClN4O3/c18-11-3-1-10(2-4-11)16-12-7-8-22(9-14(12)21-25-16)17(24)13-5-6-15(23)20-19-13/h1-6H,7-9H2,(H,20,23). The van der Waals surface area contributed by atoms with E-state index in [4.69, 9.17) is 16.1 Å². The first-order valence-corrected chi connectivity index (χ1v) is 8.08. The number of nitrogens with one attached hydrogen (secondary N) is 1. The van der Waals surface area contributed by atoms with E-state index in [0.717, 1.165) is 16.8 Å². The van der Waals surface area contributed by atoms with Crippen LogP contribution in [0.1, 0.15) is 21.7 Å². The maximum atomic E-state index is 12.5. The molecule has 2 aromatic heterocycles. The quantitative estimate of drug-likeness (QED) is 0.760. The lowest BCUT2D eigenvalue weighted by molar-refractivity contribution is 0.0724. The molecule has 0 aliphatic carbocycles. The third-order valence-electron chi connectivity index (χ3n) is 4.13. The number of carbonyl (C=O) groups is 1. The van der Waals surface area contributed by atoms with Gasteiger partial charge in [0.25, 0.3) is 11.5 Å². The topological polar surface area (TPSA) is 92.1 Å². The van der Waals surface area contributed by atoms with Crippen molar-refractivity contribution < 1.29 is 9.32 Å². The van der Waals surface area contributed by atoms with Crippen molar-refractivity contribution in [3.8, 4) is 11.3 Å². The van der Waals surface area contributed by atoms with E-state index in [-0.39, 0.29) is 17.2 Å². The number of hydrogen-bond acceptors (Lipinski definition) is 5. The second-order valence-corrected chi connectivity index (χ2v) is 6.16. The smallest absolute Gasteiger partial charge is 0.274 e. The third-order valence-corrected chi connectivity index (χ3v) is 4.39. The third kappa shape index (κ3) is 2.94. The molecule has 7 nitrogen and oxygen atoms in total. The van der Waals surface area contributed by atoms with E-state index >= 15 is 0 Å². The number of carbonyl (C=O) groups excluding carboxylic acids is 1. The molecule has 1 aromatic carbocycles. The van der Waals surface area contributed by atoms with E-state index in [1.54, 1.807) is 17.0 Å². The zero-order chi connectivity index (χ0) is 17.4. The highest BCUT2D eigenvalue weighted by Crippen LogP contribution is 2.31. The fraction of sp³-hybridized carbons (Fsp3) is 0.176. The zero-order valence-electron chi connectivity index (χ0n) is 13.0. The lowest BCUT2D eigenvalue weighted by Gasteiger charge is -2.25. The summed E-state index contributed by atoms with van der Waals surface area (Å²) >= 11 is 5.92. The van der Waals surface area contributed by atoms with E-state index in [0.29, 0.717) is 30.3 Å². The first kappa shape index (κ1) is 15.6. The van der Waals surface area contributed by atoms with E-state index in [2.05, 4.69) is 15.4 Å². The number of rotatable bonds is 2. The van der Waals surface area contributed by atoms with Gasteiger partial charge in [-0.25, -0.2) is 5.10 Å². The summed E-state index contributed by atoms with van der Waals surface area (Å²) in [5.74, 6) is 0.457. The molecule has 0 bridgehead atoms. The SMILES string of the molecule is O=C(c1ccc(=O)[nH]n1)N1CCc2c(noc2-c2ccc(Cl)cc2)C1. The van der Waals surface area contributed by atoms with Gasteiger partial charge in [-0.05, 0) is 36.8 Å². The number of nitrogens with zero attached hydrogens (tertiary/aromatic N) is 3. The van der Waals surface area contributed by atoms with Crippen LogP contribution in [0.5, 0.6) is 0 Å². The molecule has 8 heteroatoms. The summed E-state index contributed by atoms with van der Waals surface area (Å²) in [6.07, 6.45) is 0.631. The van der Waals surface area contributed by atoms with Gasteiger partial charge in [0, 0.05) is 28.8 Å². The van der Waals surface area contributed by atoms with Gasteiger partial charge in [0.05, 0.1) is 6.54 Å². The maximum Gasteiger partial charge on any atom is 0.274 e. The van der Waals surface area contributed by atoms with Gasteiger partial charge in [-0.2, -0.15) is 5.10 Å². The normalized spacial score (nSPS) is 13.6. The van der Waals surface area contributed by atoms with Crippen LogP contribution in [-0.4, -0.2) is 32.7 Å². The maximum absolute atomic E-state index is 12.5. The molecule has 0 radical (unpaired) electrons. The van der Waals surface area contributed by atoms with E-state index in [1.165, 1.54) is 12.1 Å². The summed E-state index contributed by atoms with van der Waals surface area (Å²) in [5.41, 5.74) is 2.49. The first-order valence-electron chi connectivity index (χ1n) is 7.70. The Morgan fingerprint density at radius 3 is 2.72 bits per heavy atom. The van der Waals surface area contributed by atoms with Crippen molar-refractivity contribution in [3.63, 3.8) is 0 Å². The van der Waals surface area contributed by atoms with Crippen molar-refractivity contribution in [2.24, 2.45) is 0 Å². The highest BCUT2D eigenvalue weighted by atomic mass is 35.5. The minimum absolute atomic E-state index is 0.199. The van der Waals surface area contributed by atoms with Gasteiger partial charge in [0.15, 0.2) is 5.76 Å². The number of H-pyrrole nitrogens is 1.